The largest absolute Gasteiger partial charge is 0.376 e. The molecule has 33 heavy (non-hydrogen) atoms. The summed E-state index contributed by atoms with van der Waals surface area (Å²) >= 11 is 0. The predicted molar refractivity (Wildman–Crippen MR) is 129 cm³/mol. The van der Waals surface area contributed by atoms with Gasteiger partial charge in [-0.15, -0.1) is 0 Å². The maximum Gasteiger partial charge on any atom is 0.251 e. The number of amides is 3. The smallest absolute Gasteiger partial charge is 0.251 e. The van der Waals surface area contributed by atoms with Gasteiger partial charge in [0.15, 0.2) is 0 Å². The van der Waals surface area contributed by atoms with E-state index >= 15 is 0 Å². The van der Waals surface area contributed by atoms with Crippen LogP contribution in [0.15, 0.2) is 48.5 Å². The highest BCUT2D eigenvalue weighted by Crippen LogP contribution is 2.20. The quantitative estimate of drug-likeness (QED) is 0.489. The van der Waals surface area contributed by atoms with Gasteiger partial charge in [0.1, 0.15) is 0 Å². The molecule has 4 N–H and O–H groups in total. The molecule has 1 aliphatic rings. The van der Waals surface area contributed by atoms with Crippen molar-refractivity contribution in [2.75, 3.05) is 35.6 Å². The van der Waals surface area contributed by atoms with Gasteiger partial charge in [0.25, 0.3) is 5.91 Å². The maximum absolute atomic E-state index is 12.4. The minimum absolute atomic E-state index is 0.0338. The Morgan fingerprint density at radius 3 is 2.36 bits per heavy atom. The van der Waals surface area contributed by atoms with Crippen molar-refractivity contribution in [2.45, 2.75) is 39.7 Å². The number of hydrogen-bond donors (Lipinski definition) is 4. The number of anilines is 3. The summed E-state index contributed by atoms with van der Waals surface area (Å²) in [6.45, 7) is 6.79. The monoisotopic (exact) mass is 452 g/mol. The van der Waals surface area contributed by atoms with E-state index in [0.29, 0.717) is 29.2 Å². The Labute approximate surface area is 194 Å². The van der Waals surface area contributed by atoms with E-state index in [1.165, 1.54) is 0 Å². The van der Waals surface area contributed by atoms with Crippen molar-refractivity contribution in [2.24, 2.45) is 5.41 Å². The first kappa shape index (κ1) is 24.3. The minimum Gasteiger partial charge on any atom is -0.376 e. The third-order valence-electron chi connectivity index (χ3n) is 5.18. The summed E-state index contributed by atoms with van der Waals surface area (Å²) in [4.78, 5) is 37.0. The molecule has 3 amide bonds. The van der Waals surface area contributed by atoms with Gasteiger partial charge < -0.3 is 26.0 Å². The highest BCUT2D eigenvalue weighted by Gasteiger charge is 2.21. The van der Waals surface area contributed by atoms with E-state index in [1.54, 1.807) is 42.5 Å². The summed E-state index contributed by atoms with van der Waals surface area (Å²) < 4.78 is 5.52. The fourth-order valence-electron chi connectivity index (χ4n) is 3.27. The zero-order valence-electron chi connectivity index (χ0n) is 19.4. The van der Waals surface area contributed by atoms with Crippen LogP contribution >= 0.6 is 0 Å². The van der Waals surface area contributed by atoms with E-state index in [-0.39, 0.29) is 30.4 Å². The fourth-order valence-corrected chi connectivity index (χ4v) is 3.27. The van der Waals surface area contributed by atoms with Crippen LogP contribution in [0.4, 0.5) is 17.1 Å². The molecule has 3 rings (SSSR count). The number of nitrogens with one attached hydrogen (secondary N) is 4. The Balaban J connectivity index is 1.50. The van der Waals surface area contributed by atoms with Gasteiger partial charge in [-0.25, -0.2) is 0 Å². The summed E-state index contributed by atoms with van der Waals surface area (Å²) in [6.07, 6.45) is 2.05. The first-order valence-corrected chi connectivity index (χ1v) is 11.2. The van der Waals surface area contributed by atoms with Crippen LogP contribution in [0.5, 0.6) is 0 Å². The SMILES string of the molecule is CC(C)(C)C(=O)Nc1cccc(NCC(=O)Nc2cccc(C(=O)NCC3CCCO3)c2)c1. The number of ether oxygens (including phenoxy) is 1. The number of hydrogen-bond acceptors (Lipinski definition) is 5. The van der Waals surface area contributed by atoms with E-state index < -0.39 is 5.41 Å². The van der Waals surface area contributed by atoms with Gasteiger partial charge in [-0.2, -0.15) is 0 Å². The molecular weight excluding hydrogens is 420 g/mol. The number of benzene rings is 2. The van der Waals surface area contributed by atoms with Gasteiger partial charge >= 0.3 is 0 Å². The molecule has 2 aromatic rings. The molecule has 1 fully saturated rings. The van der Waals surface area contributed by atoms with Crippen molar-refractivity contribution >= 4 is 34.8 Å². The first-order valence-electron chi connectivity index (χ1n) is 11.2. The number of rotatable bonds is 8. The third kappa shape index (κ3) is 7.61. The highest BCUT2D eigenvalue weighted by atomic mass is 16.5. The van der Waals surface area contributed by atoms with E-state index in [1.807, 2.05) is 26.8 Å². The van der Waals surface area contributed by atoms with Crippen molar-refractivity contribution in [1.82, 2.24) is 5.32 Å². The Kier molecular flexibility index (Phi) is 8.06. The van der Waals surface area contributed by atoms with Gasteiger partial charge in [-0.05, 0) is 49.2 Å². The third-order valence-corrected chi connectivity index (χ3v) is 5.18. The lowest BCUT2D eigenvalue weighted by atomic mass is 9.95. The Bertz CT molecular complexity index is 994. The Morgan fingerprint density at radius 1 is 0.970 bits per heavy atom. The van der Waals surface area contributed by atoms with Crippen molar-refractivity contribution in [3.05, 3.63) is 54.1 Å². The van der Waals surface area contributed by atoms with Crippen molar-refractivity contribution in [1.29, 1.82) is 0 Å². The molecule has 176 valence electrons. The standard InChI is InChI=1S/C25H32N4O4/c1-25(2,3)24(32)29-20-10-5-8-18(14-20)26-16-22(30)28-19-9-4-7-17(13-19)23(31)27-15-21-11-6-12-33-21/h4-5,7-10,13-14,21,26H,6,11-12,15-16H2,1-3H3,(H,27,31)(H,28,30)(H,29,32). The molecular formula is C25H32N4O4. The molecule has 1 saturated heterocycles. The number of carbonyl (C=O) groups is 3. The summed E-state index contributed by atoms with van der Waals surface area (Å²) in [7, 11) is 0. The van der Waals surface area contributed by atoms with Crippen molar-refractivity contribution in [3.8, 4) is 0 Å². The van der Waals surface area contributed by atoms with Crippen LogP contribution in [-0.4, -0.2) is 43.5 Å². The fraction of sp³-hybridized carbons (Fsp3) is 0.400. The van der Waals surface area contributed by atoms with Gasteiger partial charge in [0.05, 0.1) is 12.6 Å². The van der Waals surface area contributed by atoms with E-state index in [4.69, 9.17) is 4.74 Å². The lowest BCUT2D eigenvalue weighted by molar-refractivity contribution is -0.123. The molecule has 8 heteroatoms. The minimum atomic E-state index is -0.501. The second kappa shape index (κ2) is 11.0. The lowest BCUT2D eigenvalue weighted by Crippen LogP contribution is -2.31. The molecule has 0 radical (unpaired) electrons. The van der Waals surface area contributed by atoms with E-state index in [0.717, 1.165) is 19.4 Å². The molecule has 0 bridgehead atoms. The average molecular weight is 453 g/mol. The van der Waals surface area contributed by atoms with Gasteiger partial charge in [0.2, 0.25) is 11.8 Å². The second-order valence-corrected chi connectivity index (χ2v) is 9.11. The Hall–Kier alpha value is -3.39. The van der Waals surface area contributed by atoms with Gasteiger partial charge in [0, 0.05) is 41.2 Å². The first-order chi connectivity index (χ1) is 15.7. The van der Waals surface area contributed by atoms with Crippen LogP contribution in [0.1, 0.15) is 44.0 Å². The van der Waals surface area contributed by atoms with Crippen LogP contribution in [0.2, 0.25) is 0 Å². The molecule has 1 heterocycles. The van der Waals surface area contributed by atoms with Crippen molar-refractivity contribution in [3.63, 3.8) is 0 Å². The van der Waals surface area contributed by atoms with Crippen LogP contribution in [0, 0.1) is 5.41 Å². The van der Waals surface area contributed by atoms with Crippen LogP contribution in [0.3, 0.4) is 0 Å². The summed E-state index contributed by atoms with van der Waals surface area (Å²) in [5, 5.41) is 11.6. The van der Waals surface area contributed by atoms with Crippen LogP contribution < -0.4 is 21.3 Å². The summed E-state index contributed by atoms with van der Waals surface area (Å²) in [5.41, 5.74) is 1.87. The second-order valence-electron chi connectivity index (χ2n) is 9.11. The van der Waals surface area contributed by atoms with Crippen LogP contribution in [0.25, 0.3) is 0 Å². The van der Waals surface area contributed by atoms with E-state index in [2.05, 4.69) is 21.3 Å². The predicted octanol–water partition coefficient (Wildman–Crippen LogP) is 3.63. The average Bonchev–Trinajstić information content (AvgIpc) is 3.29. The van der Waals surface area contributed by atoms with Crippen LogP contribution in [-0.2, 0) is 14.3 Å². The highest BCUT2D eigenvalue weighted by molar-refractivity contribution is 5.98. The topological polar surface area (TPSA) is 109 Å². The number of carbonyl (C=O) groups excluding carboxylic acids is 3. The Morgan fingerprint density at radius 2 is 1.67 bits per heavy atom. The van der Waals surface area contributed by atoms with Gasteiger partial charge in [-0.3, -0.25) is 14.4 Å². The normalized spacial score (nSPS) is 15.5. The zero-order valence-corrected chi connectivity index (χ0v) is 19.4. The van der Waals surface area contributed by atoms with Gasteiger partial charge in [-0.1, -0.05) is 32.9 Å². The van der Waals surface area contributed by atoms with E-state index in [9.17, 15) is 14.4 Å². The molecule has 1 atom stereocenters. The maximum atomic E-state index is 12.4. The van der Waals surface area contributed by atoms with Crippen molar-refractivity contribution < 1.29 is 19.1 Å². The molecule has 0 aromatic heterocycles. The molecule has 0 spiro atoms. The lowest BCUT2D eigenvalue weighted by Gasteiger charge is -2.18. The molecule has 0 saturated carbocycles. The molecule has 1 unspecified atom stereocenters. The summed E-state index contributed by atoms with van der Waals surface area (Å²) in [5.74, 6) is -0.540. The zero-order chi connectivity index (χ0) is 23.8. The molecule has 1 aliphatic heterocycles. The molecule has 2 aromatic carbocycles. The summed E-state index contributed by atoms with van der Waals surface area (Å²) in [6, 6.07) is 14.0. The molecule has 8 nitrogen and oxygen atoms in total. The molecule has 0 aliphatic carbocycles.